The van der Waals surface area contributed by atoms with E-state index >= 15 is 0 Å². The van der Waals surface area contributed by atoms with Crippen LogP contribution >= 0.6 is 38.9 Å². The van der Waals surface area contributed by atoms with Gasteiger partial charge < -0.3 is 5.32 Å². The van der Waals surface area contributed by atoms with Gasteiger partial charge >= 0.3 is 0 Å². The van der Waals surface area contributed by atoms with Crippen molar-refractivity contribution in [3.8, 4) is 0 Å². The van der Waals surface area contributed by atoms with Crippen LogP contribution in [0.15, 0.2) is 40.3 Å². The van der Waals surface area contributed by atoms with E-state index in [2.05, 4.69) is 26.2 Å². The van der Waals surface area contributed by atoms with E-state index in [0.717, 1.165) is 20.4 Å². The van der Waals surface area contributed by atoms with Crippen molar-refractivity contribution in [2.24, 2.45) is 0 Å². The Hall–Kier alpha value is -1.17. The zero-order chi connectivity index (χ0) is 15.0. The number of benzene rings is 2. The molecule has 3 aromatic rings. The van der Waals surface area contributed by atoms with Crippen molar-refractivity contribution in [3.63, 3.8) is 0 Å². The summed E-state index contributed by atoms with van der Waals surface area (Å²) in [5.41, 5.74) is 3.92. The number of fused-ring (bicyclic) bond motifs is 1. The quantitative estimate of drug-likeness (QED) is 0.596. The largest absolute Gasteiger partial charge is 0.375 e. The van der Waals surface area contributed by atoms with Crippen molar-refractivity contribution in [1.29, 1.82) is 0 Å². The highest BCUT2D eigenvalue weighted by Crippen LogP contribution is 2.35. The van der Waals surface area contributed by atoms with Crippen LogP contribution in [0.2, 0.25) is 5.02 Å². The van der Waals surface area contributed by atoms with Crippen molar-refractivity contribution in [2.45, 2.75) is 13.0 Å². The maximum Gasteiger partial charge on any atom is 0.129 e. The van der Waals surface area contributed by atoms with Gasteiger partial charge in [-0.05, 0) is 31.2 Å². The van der Waals surface area contributed by atoms with Gasteiger partial charge in [0.25, 0.3) is 0 Å². The maximum atomic E-state index is 14.0. The molecule has 2 nitrogen and oxygen atoms in total. The highest BCUT2D eigenvalue weighted by molar-refractivity contribution is 9.10. The smallest absolute Gasteiger partial charge is 0.129 e. The number of hydrogen-bond donors (Lipinski definition) is 1. The standard InChI is InChI=1S/C15H11BrClFN2S/c1-8(10-3-2-9(16)6-12(10)18)20-14-11(17)4-5-13-15(14)19-7-21-13/h2-8,20H,1H3. The van der Waals surface area contributed by atoms with Gasteiger partial charge in [-0.1, -0.05) is 33.6 Å². The van der Waals surface area contributed by atoms with E-state index in [4.69, 9.17) is 11.6 Å². The molecule has 0 bridgehead atoms. The SMILES string of the molecule is CC(Nc1c(Cl)ccc2scnc12)c1ccc(Br)cc1F. The molecular formula is C15H11BrClFN2S. The predicted molar refractivity (Wildman–Crippen MR) is 90.8 cm³/mol. The molecule has 3 rings (SSSR count). The second-order valence-electron chi connectivity index (χ2n) is 4.65. The van der Waals surface area contributed by atoms with E-state index in [9.17, 15) is 4.39 Å². The van der Waals surface area contributed by atoms with Crippen LogP contribution in [0.25, 0.3) is 10.2 Å². The van der Waals surface area contributed by atoms with Crippen LogP contribution in [0.5, 0.6) is 0 Å². The first-order valence-corrected chi connectivity index (χ1v) is 8.34. The van der Waals surface area contributed by atoms with Crippen molar-refractivity contribution in [1.82, 2.24) is 4.98 Å². The fraction of sp³-hybridized carbons (Fsp3) is 0.133. The Balaban J connectivity index is 1.98. The lowest BCUT2D eigenvalue weighted by molar-refractivity contribution is 0.599. The fourth-order valence-electron chi connectivity index (χ4n) is 2.19. The third-order valence-electron chi connectivity index (χ3n) is 3.24. The Kier molecular flexibility index (Phi) is 4.15. The molecule has 1 unspecified atom stereocenters. The van der Waals surface area contributed by atoms with Gasteiger partial charge in [-0.3, -0.25) is 0 Å². The van der Waals surface area contributed by atoms with Gasteiger partial charge in [-0.25, -0.2) is 9.37 Å². The van der Waals surface area contributed by atoms with Gasteiger partial charge in [0.1, 0.15) is 11.3 Å². The summed E-state index contributed by atoms with van der Waals surface area (Å²) < 4.78 is 15.8. The summed E-state index contributed by atoms with van der Waals surface area (Å²) in [7, 11) is 0. The Bertz CT molecular complexity index is 805. The summed E-state index contributed by atoms with van der Waals surface area (Å²) in [5, 5.41) is 3.85. The van der Waals surface area contributed by atoms with Crippen LogP contribution < -0.4 is 5.32 Å². The number of hydrogen-bond acceptors (Lipinski definition) is 3. The molecule has 0 spiro atoms. The minimum Gasteiger partial charge on any atom is -0.375 e. The first-order chi connectivity index (χ1) is 10.1. The van der Waals surface area contributed by atoms with Gasteiger partial charge in [-0.15, -0.1) is 11.3 Å². The summed E-state index contributed by atoms with van der Waals surface area (Å²) in [6, 6.07) is 8.58. The summed E-state index contributed by atoms with van der Waals surface area (Å²) in [5.74, 6) is -0.258. The predicted octanol–water partition coefficient (Wildman–Crippen LogP) is 6.02. The van der Waals surface area contributed by atoms with Crippen LogP contribution in [0.3, 0.4) is 0 Å². The number of rotatable bonds is 3. The molecule has 2 aromatic carbocycles. The average molecular weight is 386 g/mol. The zero-order valence-electron chi connectivity index (χ0n) is 11.0. The van der Waals surface area contributed by atoms with Gasteiger partial charge in [0.05, 0.1) is 27.0 Å². The van der Waals surface area contributed by atoms with Crippen LogP contribution in [-0.4, -0.2) is 4.98 Å². The highest BCUT2D eigenvalue weighted by atomic mass is 79.9. The molecule has 0 aliphatic rings. The fourth-order valence-corrected chi connectivity index (χ4v) is 3.42. The van der Waals surface area contributed by atoms with Gasteiger partial charge in [-0.2, -0.15) is 0 Å². The Morgan fingerprint density at radius 3 is 2.90 bits per heavy atom. The molecule has 0 aliphatic carbocycles. The normalized spacial score (nSPS) is 12.6. The molecule has 6 heteroatoms. The van der Waals surface area contributed by atoms with Crippen molar-refractivity contribution < 1.29 is 4.39 Å². The van der Waals surface area contributed by atoms with E-state index in [0.29, 0.717) is 10.6 Å². The van der Waals surface area contributed by atoms with E-state index in [1.165, 1.54) is 6.07 Å². The van der Waals surface area contributed by atoms with Gasteiger partial charge in [0.15, 0.2) is 0 Å². The first kappa shape index (κ1) is 14.8. The molecule has 0 fully saturated rings. The van der Waals surface area contributed by atoms with E-state index in [1.807, 2.05) is 25.1 Å². The molecule has 0 saturated carbocycles. The van der Waals surface area contributed by atoms with Crippen molar-refractivity contribution >= 4 is 54.8 Å². The molecule has 21 heavy (non-hydrogen) atoms. The summed E-state index contributed by atoms with van der Waals surface area (Å²) >= 11 is 11.1. The number of nitrogens with one attached hydrogen (secondary N) is 1. The van der Waals surface area contributed by atoms with Gasteiger partial charge in [0, 0.05) is 10.0 Å². The Morgan fingerprint density at radius 2 is 2.14 bits per heavy atom. The lowest BCUT2D eigenvalue weighted by atomic mass is 10.1. The molecule has 0 aliphatic heterocycles. The second-order valence-corrected chi connectivity index (χ2v) is 6.86. The zero-order valence-corrected chi connectivity index (χ0v) is 14.2. The van der Waals surface area contributed by atoms with Crippen molar-refractivity contribution in [2.75, 3.05) is 5.32 Å². The second kappa shape index (κ2) is 5.91. The van der Waals surface area contributed by atoms with E-state index in [1.54, 1.807) is 22.9 Å². The average Bonchev–Trinajstić information content (AvgIpc) is 2.90. The third-order valence-corrected chi connectivity index (χ3v) is 4.84. The van der Waals surface area contributed by atoms with Crippen LogP contribution in [0.1, 0.15) is 18.5 Å². The molecule has 1 atom stereocenters. The van der Waals surface area contributed by atoms with Crippen LogP contribution in [0, 0.1) is 5.82 Å². The molecule has 1 heterocycles. The molecule has 0 saturated heterocycles. The molecule has 1 N–H and O–H groups in total. The lowest BCUT2D eigenvalue weighted by Crippen LogP contribution is -2.09. The van der Waals surface area contributed by atoms with E-state index < -0.39 is 0 Å². The molecular weight excluding hydrogens is 375 g/mol. The number of aromatic nitrogens is 1. The highest BCUT2D eigenvalue weighted by Gasteiger charge is 2.15. The monoisotopic (exact) mass is 384 g/mol. The summed E-state index contributed by atoms with van der Waals surface area (Å²) in [6.07, 6.45) is 0. The molecule has 108 valence electrons. The lowest BCUT2D eigenvalue weighted by Gasteiger charge is -2.18. The number of halogens is 3. The summed E-state index contributed by atoms with van der Waals surface area (Å²) in [4.78, 5) is 4.33. The topological polar surface area (TPSA) is 24.9 Å². The number of nitrogens with zero attached hydrogens (tertiary/aromatic N) is 1. The molecule has 0 amide bonds. The van der Waals surface area contributed by atoms with Crippen LogP contribution in [0.4, 0.5) is 10.1 Å². The number of anilines is 1. The van der Waals surface area contributed by atoms with Gasteiger partial charge in [0.2, 0.25) is 0 Å². The van der Waals surface area contributed by atoms with Crippen LogP contribution in [-0.2, 0) is 0 Å². The van der Waals surface area contributed by atoms with E-state index in [-0.39, 0.29) is 11.9 Å². The third kappa shape index (κ3) is 2.91. The Morgan fingerprint density at radius 1 is 1.33 bits per heavy atom. The first-order valence-electron chi connectivity index (χ1n) is 6.29. The Labute approximate surface area is 139 Å². The minimum atomic E-state index is -0.258. The van der Waals surface area contributed by atoms with Crippen molar-refractivity contribution in [3.05, 3.63) is 56.7 Å². The molecule has 0 radical (unpaired) electrons. The number of thiazole rings is 1. The summed E-state index contributed by atoms with van der Waals surface area (Å²) in [6.45, 7) is 1.90. The minimum absolute atomic E-state index is 0.220. The molecule has 1 aromatic heterocycles. The maximum absolute atomic E-state index is 14.0.